The monoisotopic (exact) mass is 810 g/mol. The van der Waals surface area contributed by atoms with Gasteiger partial charge in [0.15, 0.2) is 6.29 Å². The van der Waals surface area contributed by atoms with Crippen LogP contribution in [-0.2, 0) is 38.3 Å². The molecular weight excluding hydrogens is 741 g/mol. The van der Waals surface area contributed by atoms with Crippen LogP contribution in [0.25, 0.3) is 0 Å². The molecule has 320 valence electrons. The molecule has 0 saturated carbocycles. The van der Waals surface area contributed by atoms with Gasteiger partial charge in [0.05, 0.1) is 26.2 Å². The minimum absolute atomic E-state index is 0.00142. The van der Waals surface area contributed by atoms with Gasteiger partial charge in [0.2, 0.25) is 0 Å². The fraction of sp³-hybridized carbons (Fsp3) is 0.651. The minimum Gasteiger partial charge on any atom is -0.457 e. The minimum atomic E-state index is -5.08. The molecule has 1 heterocycles. The summed E-state index contributed by atoms with van der Waals surface area (Å²) in [6, 6.07) is 0. The first kappa shape index (κ1) is 51.3. The summed E-state index contributed by atoms with van der Waals surface area (Å²) in [6.07, 6.45) is 35.1. The molecule has 0 spiro atoms. The molecule has 1 fully saturated rings. The first-order valence-electron chi connectivity index (χ1n) is 20.3. The predicted octanol–water partition coefficient (Wildman–Crippen LogP) is 7.73. The van der Waals surface area contributed by atoms with Gasteiger partial charge in [-0.15, -0.1) is 0 Å². The molecule has 0 aromatic rings. The largest absolute Gasteiger partial charge is 0.457 e. The van der Waals surface area contributed by atoms with E-state index >= 15 is 0 Å². The van der Waals surface area contributed by atoms with Gasteiger partial charge in [-0.05, 0) is 64.2 Å². The molecule has 0 radical (unpaired) electrons. The number of hydrogen-bond donors (Lipinski definition) is 4. The summed E-state index contributed by atoms with van der Waals surface area (Å²) in [4.78, 5) is 12.7. The molecule has 6 unspecified atom stereocenters. The maximum Gasteiger partial charge on any atom is 0.397 e. The quantitative estimate of drug-likeness (QED) is 0.0220. The number of allylic oxidation sites excluding steroid dienone is 13. The molecule has 13 heteroatoms. The summed E-state index contributed by atoms with van der Waals surface area (Å²) in [5.41, 5.74) is 0. The molecule has 0 amide bonds. The van der Waals surface area contributed by atoms with Gasteiger partial charge in [-0.2, -0.15) is 8.42 Å². The van der Waals surface area contributed by atoms with Crippen molar-refractivity contribution in [3.8, 4) is 0 Å². The van der Waals surface area contributed by atoms with Crippen LogP contribution in [0.15, 0.2) is 85.1 Å². The van der Waals surface area contributed by atoms with Crippen molar-refractivity contribution < 1.29 is 56.2 Å². The van der Waals surface area contributed by atoms with Crippen LogP contribution in [0.4, 0.5) is 0 Å². The Morgan fingerprint density at radius 3 is 1.80 bits per heavy atom. The summed E-state index contributed by atoms with van der Waals surface area (Å²) < 4.78 is 58.7. The number of unbranched alkanes of at least 4 members (excludes halogenated alkanes) is 7. The van der Waals surface area contributed by atoms with Gasteiger partial charge in [0.1, 0.15) is 30.5 Å². The van der Waals surface area contributed by atoms with E-state index in [1.807, 2.05) is 12.2 Å². The second-order valence-corrected chi connectivity index (χ2v) is 14.6. The van der Waals surface area contributed by atoms with Gasteiger partial charge in [-0.1, -0.05) is 131 Å². The van der Waals surface area contributed by atoms with E-state index in [-0.39, 0.29) is 19.6 Å². The van der Waals surface area contributed by atoms with E-state index in [1.165, 1.54) is 19.3 Å². The molecule has 6 atom stereocenters. The Hall–Kier alpha value is -2.72. The van der Waals surface area contributed by atoms with Crippen molar-refractivity contribution in [2.24, 2.45) is 0 Å². The summed E-state index contributed by atoms with van der Waals surface area (Å²) in [6.45, 7) is 3.62. The first-order chi connectivity index (χ1) is 27.1. The number of hydrogen-bond acceptors (Lipinski definition) is 11. The summed E-state index contributed by atoms with van der Waals surface area (Å²) >= 11 is 0. The third kappa shape index (κ3) is 27.8. The number of carbonyl (C=O) groups is 1. The maximum absolute atomic E-state index is 12.7. The fourth-order valence-electron chi connectivity index (χ4n) is 5.49. The van der Waals surface area contributed by atoms with Crippen LogP contribution < -0.4 is 0 Å². The van der Waals surface area contributed by atoms with Crippen LogP contribution in [0.5, 0.6) is 0 Å². The molecular formula is C43H70O12S. The average Bonchev–Trinajstić information content (AvgIpc) is 3.17. The zero-order chi connectivity index (χ0) is 41.1. The Balaban J connectivity index is 2.57. The highest BCUT2D eigenvalue weighted by Gasteiger charge is 2.48. The van der Waals surface area contributed by atoms with Crippen molar-refractivity contribution >= 4 is 16.4 Å². The van der Waals surface area contributed by atoms with E-state index in [0.717, 1.165) is 70.6 Å². The predicted molar refractivity (Wildman–Crippen MR) is 220 cm³/mol. The Labute approximate surface area is 336 Å². The lowest BCUT2D eigenvalue weighted by Gasteiger charge is -2.41. The smallest absolute Gasteiger partial charge is 0.397 e. The lowest BCUT2D eigenvalue weighted by molar-refractivity contribution is -0.301. The van der Waals surface area contributed by atoms with Crippen LogP contribution in [0.2, 0.25) is 0 Å². The summed E-state index contributed by atoms with van der Waals surface area (Å²) in [5.74, 6) is -0.534. The normalized spacial score (nSPS) is 21.7. The van der Waals surface area contributed by atoms with Gasteiger partial charge >= 0.3 is 16.4 Å². The van der Waals surface area contributed by atoms with Crippen molar-refractivity contribution in [2.45, 2.75) is 153 Å². The van der Waals surface area contributed by atoms with Gasteiger partial charge in [0, 0.05) is 6.61 Å². The SMILES string of the molecule is CC/C=C\C/C=C\C/C=C\C/C=C\C/C=C\CC(=O)OC(COCCCCCCCC/C=C\C/C=C\CCC)COC1OC(CO)C(O)C(OS(=O)(=O)O)C1O. The van der Waals surface area contributed by atoms with Crippen molar-refractivity contribution in [1.29, 1.82) is 0 Å². The number of carbonyl (C=O) groups excluding carboxylic acids is 1. The van der Waals surface area contributed by atoms with Crippen LogP contribution in [-0.4, -0.2) is 97.5 Å². The van der Waals surface area contributed by atoms with Gasteiger partial charge < -0.3 is 34.3 Å². The average molecular weight is 811 g/mol. The molecule has 1 saturated heterocycles. The third-order valence-corrected chi connectivity index (χ3v) is 8.98. The Morgan fingerprint density at radius 2 is 1.23 bits per heavy atom. The van der Waals surface area contributed by atoms with Crippen LogP contribution in [0.3, 0.4) is 0 Å². The van der Waals surface area contributed by atoms with Gasteiger partial charge in [0.25, 0.3) is 0 Å². The second kappa shape index (κ2) is 34.3. The number of aliphatic hydroxyl groups is 3. The van der Waals surface area contributed by atoms with Crippen LogP contribution in [0.1, 0.15) is 117 Å². The van der Waals surface area contributed by atoms with E-state index < -0.39 is 59.8 Å². The maximum atomic E-state index is 12.7. The van der Waals surface area contributed by atoms with E-state index in [4.69, 9.17) is 23.5 Å². The standard InChI is InChI=1S/C43H70O12S/c1-3-5-7-9-11-13-15-17-19-20-22-24-26-28-30-32-39(45)53-37(35-51-33-31-29-27-25-23-21-18-16-14-12-10-8-6-4-2)36-52-43-41(47)42(55-56(48,49)50)40(46)38(34-44)54-43/h5,7-8,10-11,13-14,16-17,19,22,24,28,30,37-38,40-44,46-47H,3-4,6,9,12,15,18,20-21,23,25-27,29,31-36H2,1-2H3,(H,48,49,50)/b7-5-,10-8-,13-11-,16-14-,19-17-,24-22-,30-28-. The number of esters is 1. The summed E-state index contributed by atoms with van der Waals surface area (Å²) in [5, 5.41) is 30.6. The van der Waals surface area contributed by atoms with Crippen molar-refractivity contribution in [2.75, 3.05) is 26.4 Å². The molecule has 1 rings (SSSR count). The van der Waals surface area contributed by atoms with Crippen LogP contribution in [0, 0.1) is 0 Å². The molecule has 12 nitrogen and oxygen atoms in total. The number of ether oxygens (including phenoxy) is 4. The highest BCUT2D eigenvalue weighted by Crippen LogP contribution is 2.26. The molecule has 4 N–H and O–H groups in total. The first-order valence-corrected chi connectivity index (χ1v) is 21.7. The Kier molecular flexibility index (Phi) is 31.4. The topological polar surface area (TPSA) is 178 Å². The Morgan fingerprint density at radius 1 is 0.696 bits per heavy atom. The van der Waals surface area contributed by atoms with E-state index in [0.29, 0.717) is 13.0 Å². The molecule has 0 aromatic carbocycles. The second-order valence-electron chi connectivity index (χ2n) is 13.5. The molecule has 1 aliphatic heterocycles. The van der Waals surface area contributed by atoms with Gasteiger partial charge in [-0.3, -0.25) is 9.35 Å². The van der Waals surface area contributed by atoms with Crippen molar-refractivity contribution in [3.05, 3.63) is 85.1 Å². The number of aliphatic hydroxyl groups excluding tert-OH is 3. The number of rotatable bonds is 33. The molecule has 56 heavy (non-hydrogen) atoms. The molecule has 1 aliphatic rings. The molecule has 0 bridgehead atoms. The Bertz CT molecular complexity index is 1300. The molecule has 0 aromatic heterocycles. The van der Waals surface area contributed by atoms with E-state index in [1.54, 1.807) is 6.08 Å². The van der Waals surface area contributed by atoms with Gasteiger partial charge in [-0.25, -0.2) is 4.18 Å². The fourth-order valence-corrected chi connectivity index (χ4v) is 6.00. The van der Waals surface area contributed by atoms with Crippen molar-refractivity contribution in [3.63, 3.8) is 0 Å². The highest BCUT2D eigenvalue weighted by molar-refractivity contribution is 7.80. The highest BCUT2D eigenvalue weighted by atomic mass is 32.3. The van der Waals surface area contributed by atoms with Crippen molar-refractivity contribution in [1.82, 2.24) is 0 Å². The van der Waals surface area contributed by atoms with Crippen LogP contribution >= 0.6 is 0 Å². The zero-order valence-electron chi connectivity index (χ0n) is 33.7. The summed E-state index contributed by atoms with van der Waals surface area (Å²) in [7, 11) is -5.08. The third-order valence-electron chi connectivity index (χ3n) is 8.52. The van der Waals surface area contributed by atoms with E-state index in [9.17, 15) is 28.5 Å². The van der Waals surface area contributed by atoms with E-state index in [2.05, 4.69) is 84.9 Å². The zero-order valence-corrected chi connectivity index (χ0v) is 34.5. The molecule has 0 aliphatic carbocycles. The lowest BCUT2D eigenvalue weighted by atomic mass is 9.99. The lowest BCUT2D eigenvalue weighted by Crippen LogP contribution is -2.60.